The summed E-state index contributed by atoms with van der Waals surface area (Å²) in [5, 5.41) is 2.88. The first-order chi connectivity index (χ1) is 17.0. The van der Waals surface area contributed by atoms with E-state index in [2.05, 4.69) is 24.8 Å². The number of nitrogens with one attached hydrogen (secondary N) is 2. The highest BCUT2D eigenvalue weighted by atomic mass is 32.1. The van der Waals surface area contributed by atoms with Gasteiger partial charge in [0.1, 0.15) is 0 Å². The number of ether oxygens (including phenoxy) is 2. The molecule has 4 heterocycles. The quantitative estimate of drug-likeness (QED) is 0.436. The van der Waals surface area contributed by atoms with E-state index in [1.54, 1.807) is 11.8 Å². The van der Waals surface area contributed by atoms with Crippen molar-refractivity contribution in [1.82, 2.24) is 14.9 Å². The molecule has 1 amide bonds. The highest BCUT2D eigenvalue weighted by Crippen LogP contribution is 2.45. The summed E-state index contributed by atoms with van der Waals surface area (Å²) in [6.07, 6.45) is -2.96. The highest BCUT2D eigenvalue weighted by molar-refractivity contribution is 7.22. The number of carbonyl (C=O) groups is 1. The molecule has 5 rings (SSSR count). The average molecular weight is 528 g/mol. The van der Waals surface area contributed by atoms with Crippen LogP contribution < -0.4 is 26.1 Å². The fourth-order valence-electron chi connectivity index (χ4n) is 4.33. The average Bonchev–Trinajstić information content (AvgIpc) is 3.33. The fourth-order valence-corrected chi connectivity index (χ4v) is 5.21. The Morgan fingerprint density at radius 3 is 2.75 bits per heavy atom. The summed E-state index contributed by atoms with van der Waals surface area (Å²) in [6.45, 7) is 1.38. The maximum atomic E-state index is 14.8. The van der Waals surface area contributed by atoms with Crippen molar-refractivity contribution >= 4 is 32.6 Å². The van der Waals surface area contributed by atoms with E-state index < -0.39 is 42.1 Å². The smallest absolute Gasteiger partial charge is 0.395 e. The number of amides is 1. The lowest BCUT2D eigenvalue weighted by Gasteiger charge is -2.40. The van der Waals surface area contributed by atoms with Gasteiger partial charge in [-0.25, -0.2) is 13.8 Å². The minimum atomic E-state index is -3.75. The zero-order chi connectivity index (χ0) is 25.8. The number of carbonyl (C=O) groups excluding carboxylic acids is 1. The van der Waals surface area contributed by atoms with Crippen LogP contribution in [0.1, 0.15) is 30.4 Å². The third kappa shape index (κ3) is 4.51. The molecule has 0 radical (unpaired) electrons. The van der Waals surface area contributed by atoms with Crippen molar-refractivity contribution in [3.63, 3.8) is 0 Å². The SMILES string of the molecule is C[C@H](C(=O)Nc1nc2cc3c(cc2s1)OC(F)(F)O3)N1CCC(F)(F)[C@H](c2c[nH]c(=O)c(CN)c2)C1. The number of halogens is 4. The predicted octanol–water partition coefficient (Wildman–Crippen LogP) is 3.22. The van der Waals surface area contributed by atoms with E-state index in [4.69, 9.17) is 5.73 Å². The Balaban J connectivity index is 1.31. The number of pyridine rings is 1. The number of fused-ring (bicyclic) bond motifs is 2. The number of anilines is 1. The molecule has 2 aliphatic rings. The molecule has 0 saturated carbocycles. The van der Waals surface area contributed by atoms with E-state index in [1.165, 1.54) is 24.4 Å². The van der Waals surface area contributed by atoms with Crippen LogP contribution in [-0.4, -0.2) is 52.1 Å². The van der Waals surface area contributed by atoms with Crippen molar-refractivity contribution in [1.29, 1.82) is 0 Å². The summed E-state index contributed by atoms with van der Waals surface area (Å²) in [4.78, 5) is 33.1. The van der Waals surface area contributed by atoms with Crippen LogP contribution in [0.3, 0.4) is 0 Å². The van der Waals surface area contributed by atoms with Crippen LogP contribution in [-0.2, 0) is 11.3 Å². The van der Waals surface area contributed by atoms with Crippen LogP contribution in [0.5, 0.6) is 11.5 Å². The van der Waals surface area contributed by atoms with Gasteiger partial charge >= 0.3 is 6.29 Å². The number of alkyl halides is 4. The first-order valence-corrected chi connectivity index (χ1v) is 11.8. The Kier molecular flexibility index (Phi) is 5.92. The molecule has 3 aromatic rings. The lowest BCUT2D eigenvalue weighted by Crippen LogP contribution is -2.52. The van der Waals surface area contributed by atoms with Gasteiger partial charge in [0.05, 0.1) is 22.2 Å². The van der Waals surface area contributed by atoms with Gasteiger partial charge in [-0.05, 0) is 18.6 Å². The van der Waals surface area contributed by atoms with Gasteiger partial charge in [-0.2, -0.15) is 0 Å². The summed E-state index contributed by atoms with van der Waals surface area (Å²) in [7, 11) is 0. The van der Waals surface area contributed by atoms with Crippen LogP contribution >= 0.6 is 11.3 Å². The molecule has 14 heteroatoms. The molecular formula is C22H21F4N5O4S. The van der Waals surface area contributed by atoms with Crippen molar-refractivity contribution in [2.75, 3.05) is 18.4 Å². The summed E-state index contributed by atoms with van der Waals surface area (Å²) >= 11 is 1.05. The third-order valence-electron chi connectivity index (χ3n) is 6.35. The third-order valence-corrected chi connectivity index (χ3v) is 7.29. The summed E-state index contributed by atoms with van der Waals surface area (Å²) < 4.78 is 65.5. The molecule has 0 spiro atoms. The molecule has 1 aromatic carbocycles. The van der Waals surface area contributed by atoms with Gasteiger partial charge in [-0.1, -0.05) is 11.3 Å². The number of hydrogen-bond donors (Lipinski definition) is 3. The Morgan fingerprint density at radius 2 is 2.03 bits per heavy atom. The Bertz CT molecular complexity index is 1350. The number of H-pyrrole nitrogens is 1. The van der Waals surface area contributed by atoms with Crippen LogP contribution in [0.25, 0.3) is 10.2 Å². The summed E-state index contributed by atoms with van der Waals surface area (Å²) in [5.74, 6) is -5.04. The van der Waals surface area contributed by atoms with E-state index in [0.717, 1.165) is 11.3 Å². The number of nitrogens with two attached hydrogens (primary N) is 1. The first-order valence-electron chi connectivity index (χ1n) is 11.0. The van der Waals surface area contributed by atoms with Crippen molar-refractivity contribution in [2.45, 2.75) is 44.1 Å². The van der Waals surface area contributed by atoms with Crippen LogP contribution in [0.15, 0.2) is 29.2 Å². The molecule has 192 valence electrons. The normalized spacial score (nSPS) is 21.4. The number of likely N-dealkylation sites (tertiary alicyclic amines) is 1. The second-order valence-corrected chi connectivity index (χ2v) is 9.70. The topological polar surface area (TPSA) is 123 Å². The van der Waals surface area contributed by atoms with Gasteiger partial charge < -0.3 is 25.5 Å². The van der Waals surface area contributed by atoms with E-state index in [-0.39, 0.29) is 47.4 Å². The molecule has 0 aliphatic carbocycles. The molecule has 2 atom stereocenters. The van der Waals surface area contributed by atoms with Gasteiger partial charge in [-0.3, -0.25) is 14.5 Å². The predicted molar refractivity (Wildman–Crippen MR) is 123 cm³/mol. The van der Waals surface area contributed by atoms with Crippen LogP contribution in [0.4, 0.5) is 22.7 Å². The molecule has 0 unspecified atom stereocenters. The molecule has 0 bridgehead atoms. The van der Waals surface area contributed by atoms with E-state index >= 15 is 0 Å². The van der Waals surface area contributed by atoms with Gasteiger partial charge in [-0.15, -0.1) is 8.78 Å². The lowest BCUT2D eigenvalue weighted by atomic mass is 9.86. The Labute approximate surface area is 205 Å². The van der Waals surface area contributed by atoms with Gasteiger partial charge in [0.15, 0.2) is 16.6 Å². The molecule has 9 nitrogen and oxygen atoms in total. The number of hydrogen-bond acceptors (Lipinski definition) is 8. The number of piperidine rings is 1. The molecule has 4 N–H and O–H groups in total. The maximum absolute atomic E-state index is 14.8. The lowest BCUT2D eigenvalue weighted by molar-refractivity contribution is -0.286. The van der Waals surface area contributed by atoms with Crippen molar-refractivity contribution in [2.24, 2.45) is 5.73 Å². The van der Waals surface area contributed by atoms with E-state index in [9.17, 15) is 27.2 Å². The number of rotatable bonds is 5. The molecule has 36 heavy (non-hydrogen) atoms. The Hall–Kier alpha value is -3.23. The van der Waals surface area contributed by atoms with Crippen molar-refractivity contribution in [3.8, 4) is 11.5 Å². The van der Waals surface area contributed by atoms with E-state index in [1.807, 2.05) is 0 Å². The molecule has 1 saturated heterocycles. The molecular weight excluding hydrogens is 506 g/mol. The van der Waals surface area contributed by atoms with Gasteiger partial charge in [0, 0.05) is 49.9 Å². The fraction of sp³-hybridized carbons (Fsp3) is 0.409. The van der Waals surface area contributed by atoms with E-state index in [0.29, 0.717) is 10.2 Å². The largest absolute Gasteiger partial charge is 0.586 e. The minimum absolute atomic E-state index is 0.0133. The first kappa shape index (κ1) is 24.5. The minimum Gasteiger partial charge on any atom is -0.395 e. The van der Waals surface area contributed by atoms with Crippen LogP contribution in [0, 0.1) is 0 Å². The van der Waals surface area contributed by atoms with Crippen molar-refractivity contribution < 1.29 is 31.8 Å². The second kappa shape index (κ2) is 8.71. The Morgan fingerprint density at radius 1 is 1.31 bits per heavy atom. The molecule has 1 fully saturated rings. The number of aromatic amines is 1. The summed E-state index contributed by atoms with van der Waals surface area (Å²) in [5.41, 5.74) is 5.89. The standard InChI is InChI=1S/C22H21F4N5O4S/c1-10(31-3-2-21(23,24)13(9-31)12-4-11(7-27)19(33)28-8-12)18(32)30-20-29-14-5-15-16(6-17(14)36-20)35-22(25,26)34-15/h4-6,8,10,13H,2-3,7,9,27H2,1H3,(H,28,33)(H,29,30,32)/t10-,13+/m1/s1. The number of nitrogens with zero attached hydrogens (tertiary/aromatic N) is 2. The number of benzene rings is 1. The van der Waals surface area contributed by atoms with Gasteiger partial charge in [0.2, 0.25) is 5.91 Å². The number of aromatic nitrogens is 2. The summed E-state index contributed by atoms with van der Waals surface area (Å²) in [6, 6.07) is 3.24. The zero-order valence-corrected chi connectivity index (χ0v) is 19.6. The van der Waals surface area contributed by atoms with Gasteiger partial charge in [0.25, 0.3) is 11.5 Å². The monoisotopic (exact) mass is 527 g/mol. The van der Waals surface area contributed by atoms with Crippen LogP contribution in [0.2, 0.25) is 0 Å². The number of thiazole rings is 1. The maximum Gasteiger partial charge on any atom is 0.586 e. The molecule has 2 aliphatic heterocycles. The van der Waals surface area contributed by atoms with Crippen molar-refractivity contribution in [3.05, 3.63) is 45.9 Å². The zero-order valence-electron chi connectivity index (χ0n) is 18.8. The molecule has 2 aromatic heterocycles. The highest BCUT2D eigenvalue weighted by Gasteiger charge is 2.47. The second-order valence-electron chi connectivity index (χ2n) is 8.67.